The number of benzene rings is 1. The Hall–Kier alpha value is -2.41. The van der Waals surface area contributed by atoms with E-state index < -0.39 is 24.0 Å². The fourth-order valence-electron chi connectivity index (χ4n) is 2.69. The summed E-state index contributed by atoms with van der Waals surface area (Å²) in [6.07, 6.45) is -2.43. The molecule has 2 unspecified atom stereocenters. The summed E-state index contributed by atoms with van der Waals surface area (Å²) in [5, 5.41) is 13.9. The fraction of sp³-hybridized carbons (Fsp3) is 0.250. The predicted octanol–water partition coefficient (Wildman–Crippen LogP) is 3.42. The molecule has 7 heteroatoms. The first-order valence-electron chi connectivity index (χ1n) is 7.02. The van der Waals surface area contributed by atoms with Gasteiger partial charge in [-0.2, -0.15) is 18.3 Å². The van der Waals surface area contributed by atoms with Crippen LogP contribution in [0.2, 0.25) is 0 Å². The number of rotatable bonds is 3. The second kappa shape index (κ2) is 5.66. The maximum atomic E-state index is 13.2. The maximum Gasteiger partial charge on any atom is 0.435 e. The second-order valence-corrected chi connectivity index (χ2v) is 5.28. The molecule has 0 aliphatic heterocycles. The fourth-order valence-corrected chi connectivity index (χ4v) is 2.69. The molecule has 0 saturated carbocycles. The Kier molecular flexibility index (Phi) is 3.81. The molecule has 3 aromatic rings. The molecule has 2 atom stereocenters. The number of aliphatic hydroxyl groups excluding tert-OH is 1. The van der Waals surface area contributed by atoms with Gasteiger partial charge in [-0.05, 0) is 24.6 Å². The Balaban J connectivity index is 2.26. The second-order valence-electron chi connectivity index (χ2n) is 5.28. The van der Waals surface area contributed by atoms with Crippen LogP contribution in [0.25, 0.3) is 10.9 Å². The number of aromatic nitrogens is 3. The van der Waals surface area contributed by atoms with Gasteiger partial charge in [0, 0.05) is 17.8 Å². The summed E-state index contributed by atoms with van der Waals surface area (Å²) in [7, 11) is 0. The summed E-state index contributed by atoms with van der Waals surface area (Å²) in [4.78, 5) is 3.97. The Bertz CT molecular complexity index is 812. The maximum absolute atomic E-state index is 13.2. The molecule has 0 radical (unpaired) electrons. The van der Waals surface area contributed by atoms with Gasteiger partial charge in [-0.15, -0.1) is 0 Å². The van der Waals surface area contributed by atoms with Crippen molar-refractivity contribution in [3.63, 3.8) is 0 Å². The smallest absolute Gasteiger partial charge is 0.391 e. The van der Waals surface area contributed by atoms with Gasteiger partial charge in [-0.1, -0.05) is 24.3 Å². The van der Waals surface area contributed by atoms with Crippen molar-refractivity contribution in [2.45, 2.75) is 25.2 Å². The van der Waals surface area contributed by atoms with Crippen molar-refractivity contribution in [3.8, 4) is 0 Å². The van der Waals surface area contributed by atoms with Crippen LogP contribution in [0.15, 0.2) is 48.8 Å². The average molecular weight is 321 g/mol. The first-order chi connectivity index (χ1) is 10.9. The van der Waals surface area contributed by atoms with Crippen LogP contribution >= 0.6 is 0 Å². The Morgan fingerprint density at radius 1 is 1.13 bits per heavy atom. The van der Waals surface area contributed by atoms with E-state index in [1.54, 1.807) is 30.5 Å². The van der Waals surface area contributed by atoms with Crippen LogP contribution in [-0.4, -0.2) is 26.0 Å². The first-order valence-corrected chi connectivity index (χ1v) is 7.02. The van der Waals surface area contributed by atoms with Crippen LogP contribution in [0.1, 0.15) is 24.2 Å². The molecule has 1 N–H and O–H groups in total. The summed E-state index contributed by atoms with van der Waals surface area (Å²) in [5.74, 6) is 0. The zero-order valence-corrected chi connectivity index (χ0v) is 12.2. The zero-order valence-electron chi connectivity index (χ0n) is 12.2. The van der Waals surface area contributed by atoms with Crippen LogP contribution in [0.5, 0.6) is 0 Å². The third-order valence-electron chi connectivity index (χ3n) is 3.63. The van der Waals surface area contributed by atoms with Crippen LogP contribution in [0.3, 0.4) is 0 Å². The quantitative estimate of drug-likeness (QED) is 0.804. The third-order valence-corrected chi connectivity index (χ3v) is 3.63. The number of para-hydroxylation sites is 1. The number of hydrogen-bond donors (Lipinski definition) is 1. The molecule has 0 bridgehead atoms. The SMILES string of the molecule is CC(O)C(c1cccnc1)n1nc(C(F)(F)F)c2ccccc21. The number of halogens is 3. The molecule has 0 aliphatic rings. The molecule has 2 heterocycles. The van der Waals surface area contributed by atoms with Gasteiger partial charge in [0.1, 0.15) is 6.04 Å². The van der Waals surface area contributed by atoms with Crippen molar-refractivity contribution in [2.75, 3.05) is 0 Å². The number of fused-ring (bicyclic) bond motifs is 1. The summed E-state index contributed by atoms with van der Waals surface area (Å²) >= 11 is 0. The number of aliphatic hydroxyl groups is 1. The van der Waals surface area contributed by atoms with E-state index in [0.717, 1.165) is 0 Å². The Morgan fingerprint density at radius 3 is 2.48 bits per heavy atom. The van der Waals surface area contributed by atoms with Crippen LogP contribution < -0.4 is 0 Å². The average Bonchev–Trinajstić information content (AvgIpc) is 2.88. The molecule has 0 saturated heterocycles. The van der Waals surface area contributed by atoms with Crippen LogP contribution in [-0.2, 0) is 6.18 Å². The number of alkyl halides is 3. The van der Waals surface area contributed by atoms with E-state index in [1.165, 1.54) is 29.9 Å². The van der Waals surface area contributed by atoms with E-state index in [9.17, 15) is 18.3 Å². The molecule has 2 aromatic heterocycles. The summed E-state index contributed by atoms with van der Waals surface area (Å²) in [6.45, 7) is 1.52. The van der Waals surface area contributed by atoms with Gasteiger partial charge < -0.3 is 5.11 Å². The number of pyridine rings is 1. The molecular formula is C16H14F3N3O. The van der Waals surface area contributed by atoms with Gasteiger partial charge in [0.25, 0.3) is 0 Å². The predicted molar refractivity (Wildman–Crippen MR) is 78.8 cm³/mol. The lowest BCUT2D eigenvalue weighted by Gasteiger charge is -2.21. The van der Waals surface area contributed by atoms with Crippen molar-refractivity contribution in [1.29, 1.82) is 0 Å². The highest BCUT2D eigenvalue weighted by molar-refractivity contribution is 5.82. The highest BCUT2D eigenvalue weighted by Gasteiger charge is 2.38. The molecular weight excluding hydrogens is 307 g/mol. The number of hydrogen-bond acceptors (Lipinski definition) is 3. The number of nitrogens with zero attached hydrogens (tertiary/aromatic N) is 3. The van der Waals surface area contributed by atoms with Gasteiger partial charge in [0.05, 0.1) is 11.6 Å². The standard InChI is InChI=1S/C16H14F3N3O/c1-10(23)14(11-5-4-8-20-9-11)22-13-7-3-2-6-12(13)15(21-22)16(17,18)19/h2-10,14,23H,1H3. The molecule has 0 amide bonds. The molecule has 0 spiro atoms. The molecule has 120 valence electrons. The summed E-state index contributed by atoms with van der Waals surface area (Å²) < 4.78 is 41.0. The molecule has 23 heavy (non-hydrogen) atoms. The van der Waals surface area contributed by atoms with Crippen molar-refractivity contribution in [1.82, 2.24) is 14.8 Å². The minimum absolute atomic E-state index is 0.00883. The van der Waals surface area contributed by atoms with Crippen molar-refractivity contribution in [3.05, 3.63) is 60.0 Å². The van der Waals surface area contributed by atoms with Gasteiger partial charge in [-0.3, -0.25) is 9.67 Å². The first kappa shape index (κ1) is 15.5. The monoisotopic (exact) mass is 321 g/mol. The molecule has 4 nitrogen and oxygen atoms in total. The van der Waals surface area contributed by atoms with Crippen molar-refractivity contribution in [2.24, 2.45) is 0 Å². The van der Waals surface area contributed by atoms with Crippen molar-refractivity contribution < 1.29 is 18.3 Å². The minimum atomic E-state index is -4.57. The van der Waals surface area contributed by atoms with Gasteiger partial charge in [0.2, 0.25) is 0 Å². The molecule has 3 rings (SSSR count). The lowest BCUT2D eigenvalue weighted by Crippen LogP contribution is -2.24. The van der Waals surface area contributed by atoms with Gasteiger partial charge in [0.15, 0.2) is 5.69 Å². The normalized spacial score (nSPS) is 14.8. The molecule has 1 aromatic carbocycles. The van der Waals surface area contributed by atoms with Crippen LogP contribution in [0.4, 0.5) is 13.2 Å². The topological polar surface area (TPSA) is 50.9 Å². The van der Waals surface area contributed by atoms with E-state index in [0.29, 0.717) is 11.1 Å². The lowest BCUT2D eigenvalue weighted by atomic mass is 10.0. The van der Waals surface area contributed by atoms with Gasteiger partial charge >= 0.3 is 6.18 Å². The Labute approximate surface area is 130 Å². The summed E-state index contributed by atoms with van der Waals surface area (Å²) in [6, 6.07) is 8.72. The van der Waals surface area contributed by atoms with E-state index in [1.807, 2.05) is 0 Å². The lowest BCUT2D eigenvalue weighted by molar-refractivity contribution is -0.140. The van der Waals surface area contributed by atoms with E-state index in [2.05, 4.69) is 10.1 Å². The Morgan fingerprint density at radius 2 is 1.87 bits per heavy atom. The largest absolute Gasteiger partial charge is 0.435 e. The van der Waals surface area contributed by atoms with E-state index in [-0.39, 0.29) is 5.39 Å². The van der Waals surface area contributed by atoms with E-state index >= 15 is 0 Å². The minimum Gasteiger partial charge on any atom is -0.391 e. The molecule has 0 fully saturated rings. The van der Waals surface area contributed by atoms with Crippen molar-refractivity contribution >= 4 is 10.9 Å². The van der Waals surface area contributed by atoms with Crippen LogP contribution in [0, 0.1) is 0 Å². The third kappa shape index (κ3) is 2.79. The molecule has 0 aliphatic carbocycles. The summed E-state index contributed by atoms with van der Waals surface area (Å²) in [5.41, 5.74) is -0.0540. The van der Waals surface area contributed by atoms with E-state index in [4.69, 9.17) is 0 Å². The zero-order chi connectivity index (χ0) is 16.6. The highest BCUT2D eigenvalue weighted by atomic mass is 19.4. The van der Waals surface area contributed by atoms with Gasteiger partial charge in [-0.25, -0.2) is 0 Å². The highest BCUT2D eigenvalue weighted by Crippen LogP contribution is 2.36.